The molecule has 1 aliphatic carbocycles. The Bertz CT molecular complexity index is 856. The van der Waals surface area contributed by atoms with Gasteiger partial charge in [0.1, 0.15) is 11.6 Å². The largest absolute Gasteiger partial charge is 0.483 e. The summed E-state index contributed by atoms with van der Waals surface area (Å²) in [5, 5.41) is 12.6. The average Bonchev–Trinajstić information content (AvgIpc) is 3.12. The summed E-state index contributed by atoms with van der Waals surface area (Å²) < 4.78 is 21.1. The number of benzene rings is 1. The minimum atomic E-state index is -0.358. The summed E-state index contributed by atoms with van der Waals surface area (Å²) in [5.74, 6) is 2.23. The molecule has 0 bridgehead atoms. The van der Waals surface area contributed by atoms with E-state index in [-0.39, 0.29) is 23.9 Å². The van der Waals surface area contributed by atoms with E-state index in [1.807, 2.05) is 11.5 Å². The molecule has 0 saturated heterocycles. The van der Waals surface area contributed by atoms with Gasteiger partial charge in [-0.3, -0.25) is 4.79 Å². The molecule has 170 valence electrons. The molecular weight excluding hydrogens is 415 g/mol. The number of nitrogens with one attached hydrogen (secondary N) is 1. The molecule has 1 fully saturated rings. The summed E-state index contributed by atoms with van der Waals surface area (Å²) in [6, 6.07) is 6.21. The summed E-state index contributed by atoms with van der Waals surface area (Å²) in [7, 11) is 0. The molecule has 1 aromatic heterocycles. The third-order valence-corrected chi connectivity index (χ3v) is 6.54. The number of ether oxygens (including phenoxy) is 1. The maximum atomic E-state index is 13.2. The minimum absolute atomic E-state index is 0.0417. The summed E-state index contributed by atoms with van der Waals surface area (Å²) in [4.78, 5) is 12.5. The lowest BCUT2D eigenvalue weighted by Gasteiger charge is -2.29. The van der Waals surface area contributed by atoms with Crippen LogP contribution >= 0.6 is 11.8 Å². The van der Waals surface area contributed by atoms with Gasteiger partial charge in [0.15, 0.2) is 17.1 Å². The van der Waals surface area contributed by atoms with Crippen LogP contribution in [0.3, 0.4) is 0 Å². The topological polar surface area (TPSA) is 69.0 Å². The van der Waals surface area contributed by atoms with Crippen molar-refractivity contribution >= 4 is 17.7 Å². The van der Waals surface area contributed by atoms with Crippen LogP contribution in [0.4, 0.5) is 4.39 Å². The highest BCUT2D eigenvalue weighted by molar-refractivity contribution is 7.99. The number of hydrogen-bond acceptors (Lipinski definition) is 5. The van der Waals surface area contributed by atoms with Crippen molar-refractivity contribution in [3.05, 3.63) is 35.9 Å². The molecule has 3 rings (SSSR count). The molecule has 1 heterocycles. The molecule has 1 saturated carbocycles. The van der Waals surface area contributed by atoms with E-state index in [1.54, 1.807) is 12.1 Å². The minimum Gasteiger partial charge on any atom is -0.483 e. The van der Waals surface area contributed by atoms with Crippen molar-refractivity contribution in [1.82, 2.24) is 20.1 Å². The van der Waals surface area contributed by atoms with E-state index < -0.39 is 0 Å². The summed E-state index contributed by atoms with van der Waals surface area (Å²) in [6.45, 7) is 9.09. The molecule has 3 unspecified atom stereocenters. The zero-order valence-electron chi connectivity index (χ0n) is 18.8. The number of carbonyl (C=O) groups is 1. The maximum Gasteiger partial charge on any atom is 0.230 e. The Morgan fingerprint density at radius 1 is 1.23 bits per heavy atom. The van der Waals surface area contributed by atoms with Crippen LogP contribution in [0.25, 0.3) is 0 Å². The van der Waals surface area contributed by atoms with Crippen molar-refractivity contribution in [3.63, 3.8) is 0 Å². The first-order valence-electron chi connectivity index (χ1n) is 11.1. The third-order valence-electron chi connectivity index (χ3n) is 5.57. The van der Waals surface area contributed by atoms with Gasteiger partial charge in [0.2, 0.25) is 5.91 Å². The second-order valence-corrected chi connectivity index (χ2v) is 9.73. The molecule has 0 aliphatic heterocycles. The molecule has 1 N–H and O–H groups in total. The zero-order valence-corrected chi connectivity index (χ0v) is 19.6. The van der Waals surface area contributed by atoms with E-state index in [1.165, 1.54) is 43.2 Å². The third kappa shape index (κ3) is 6.69. The van der Waals surface area contributed by atoms with E-state index in [9.17, 15) is 9.18 Å². The van der Waals surface area contributed by atoms with Crippen LogP contribution in [0.1, 0.15) is 65.3 Å². The van der Waals surface area contributed by atoms with Crippen LogP contribution in [0.15, 0.2) is 29.4 Å². The van der Waals surface area contributed by atoms with Crippen molar-refractivity contribution in [2.45, 2.75) is 77.2 Å². The van der Waals surface area contributed by atoms with Crippen molar-refractivity contribution in [2.24, 2.45) is 11.8 Å². The van der Waals surface area contributed by atoms with Gasteiger partial charge in [-0.1, -0.05) is 45.4 Å². The number of hydrogen-bond donors (Lipinski definition) is 1. The molecule has 0 radical (unpaired) electrons. The summed E-state index contributed by atoms with van der Waals surface area (Å²) in [5.41, 5.74) is 0. The Balaban J connectivity index is 1.65. The monoisotopic (exact) mass is 448 g/mol. The van der Waals surface area contributed by atoms with E-state index in [4.69, 9.17) is 4.74 Å². The zero-order chi connectivity index (χ0) is 22.4. The van der Waals surface area contributed by atoms with Crippen LogP contribution < -0.4 is 10.1 Å². The quantitative estimate of drug-likeness (QED) is 0.547. The van der Waals surface area contributed by atoms with E-state index in [0.29, 0.717) is 34.3 Å². The average molecular weight is 449 g/mol. The van der Waals surface area contributed by atoms with Gasteiger partial charge in [0.05, 0.1) is 5.75 Å². The van der Waals surface area contributed by atoms with E-state index >= 15 is 0 Å². The molecule has 1 amide bonds. The van der Waals surface area contributed by atoms with Gasteiger partial charge in [-0.05, 0) is 55.9 Å². The Labute approximate surface area is 188 Å². The van der Waals surface area contributed by atoms with Gasteiger partial charge in [-0.2, -0.15) is 0 Å². The van der Waals surface area contributed by atoms with Gasteiger partial charge in [-0.15, -0.1) is 10.2 Å². The van der Waals surface area contributed by atoms with Crippen molar-refractivity contribution in [3.8, 4) is 5.75 Å². The Morgan fingerprint density at radius 3 is 2.61 bits per heavy atom. The first-order chi connectivity index (χ1) is 14.8. The highest BCUT2D eigenvalue weighted by Gasteiger charge is 2.24. The van der Waals surface area contributed by atoms with Gasteiger partial charge < -0.3 is 14.6 Å². The van der Waals surface area contributed by atoms with Crippen molar-refractivity contribution in [1.29, 1.82) is 0 Å². The normalized spacial score (nSPS) is 19.9. The number of carbonyl (C=O) groups excluding carboxylic acids is 1. The van der Waals surface area contributed by atoms with Crippen LogP contribution in [-0.4, -0.2) is 32.5 Å². The van der Waals surface area contributed by atoms with Crippen LogP contribution in [0.2, 0.25) is 0 Å². The molecule has 3 atom stereocenters. The van der Waals surface area contributed by atoms with E-state index in [0.717, 1.165) is 13.0 Å². The number of nitrogens with zero attached hydrogens (tertiary/aromatic N) is 3. The number of amides is 1. The van der Waals surface area contributed by atoms with Gasteiger partial charge in [0.25, 0.3) is 0 Å². The number of rotatable bonds is 9. The van der Waals surface area contributed by atoms with Gasteiger partial charge in [0, 0.05) is 12.6 Å². The number of halogens is 1. The molecule has 2 aromatic rings. The number of thioether (sulfide) groups is 1. The van der Waals surface area contributed by atoms with Crippen molar-refractivity contribution < 1.29 is 13.9 Å². The Kier molecular flexibility index (Phi) is 8.35. The van der Waals surface area contributed by atoms with E-state index in [2.05, 4.69) is 36.3 Å². The Hall–Kier alpha value is -2.09. The van der Waals surface area contributed by atoms with Crippen molar-refractivity contribution in [2.75, 3.05) is 5.75 Å². The summed E-state index contributed by atoms with van der Waals surface area (Å²) in [6.07, 6.45) is 4.31. The highest BCUT2D eigenvalue weighted by atomic mass is 32.2. The van der Waals surface area contributed by atoms with Gasteiger partial charge >= 0.3 is 0 Å². The lowest BCUT2D eigenvalue weighted by atomic mass is 9.86. The number of aromatic nitrogens is 3. The molecule has 31 heavy (non-hydrogen) atoms. The lowest BCUT2D eigenvalue weighted by Crippen LogP contribution is -2.41. The smallest absolute Gasteiger partial charge is 0.230 e. The second-order valence-electron chi connectivity index (χ2n) is 8.78. The molecular formula is C23H33FN4O2S. The standard InChI is InChI=1S/C23H33FN4O2S/c1-15(2)13-28-22(17(4)30-19-11-9-18(24)10-12-19)26-27-23(28)31-14-21(29)25-20-8-6-5-7-16(20)3/h9-12,15-17,20H,5-8,13-14H2,1-4H3,(H,25,29). The molecule has 1 aliphatic rings. The summed E-state index contributed by atoms with van der Waals surface area (Å²) >= 11 is 1.41. The second kappa shape index (κ2) is 11.0. The van der Waals surface area contributed by atoms with Gasteiger partial charge in [-0.25, -0.2) is 4.39 Å². The predicted molar refractivity (Wildman–Crippen MR) is 121 cm³/mol. The first-order valence-corrected chi connectivity index (χ1v) is 12.1. The molecule has 8 heteroatoms. The predicted octanol–water partition coefficient (Wildman–Crippen LogP) is 5.00. The Morgan fingerprint density at radius 2 is 1.94 bits per heavy atom. The molecule has 1 aromatic carbocycles. The van der Waals surface area contributed by atoms with Crippen LogP contribution in [0.5, 0.6) is 5.75 Å². The fourth-order valence-electron chi connectivity index (χ4n) is 3.92. The molecule has 6 nitrogen and oxygen atoms in total. The SMILES string of the molecule is CC(C)Cn1c(SCC(=O)NC2CCCCC2C)nnc1C(C)Oc1ccc(F)cc1. The first kappa shape index (κ1) is 23.6. The molecule has 0 spiro atoms. The highest BCUT2D eigenvalue weighted by Crippen LogP contribution is 2.27. The fourth-order valence-corrected chi connectivity index (χ4v) is 4.69. The maximum absolute atomic E-state index is 13.2. The lowest BCUT2D eigenvalue weighted by molar-refractivity contribution is -0.119. The van der Waals surface area contributed by atoms with Crippen LogP contribution in [-0.2, 0) is 11.3 Å². The fraction of sp³-hybridized carbons (Fsp3) is 0.609. The van der Waals surface area contributed by atoms with Crippen LogP contribution in [0, 0.1) is 17.7 Å².